The molecule has 0 unspecified atom stereocenters. The lowest BCUT2D eigenvalue weighted by atomic mass is 10.1. The Kier molecular flexibility index (Phi) is 6.82. The number of ether oxygens (including phenoxy) is 2. The van der Waals surface area contributed by atoms with Crippen LogP contribution in [0.4, 0.5) is 0 Å². The van der Waals surface area contributed by atoms with Gasteiger partial charge < -0.3 is 14.0 Å². The molecule has 0 saturated carbocycles. The minimum absolute atomic E-state index is 0.183. The zero-order chi connectivity index (χ0) is 24.2. The van der Waals surface area contributed by atoms with E-state index in [1.807, 2.05) is 24.3 Å². The summed E-state index contributed by atoms with van der Waals surface area (Å²) in [5.41, 5.74) is 4.59. The summed E-state index contributed by atoms with van der Waals surface area (Å²) in [5.74, 6) is -0.240. The minimum Gasteiger partial charge on any atom is -0.492 e. The minimum atomic E-state index is -0.503. The summed E-state index contributed by atoms with van der Waals surface area (Å²) in [6, 6.07) is 13.2. The Bertz CT molecular complexity index is 1400. The highest BCUT2D eigenvalue weighted by Gasteiger charge is 2.26. The van der Waals surface area contributed by atoms with Gasteiger partial charge in [-0.25, -0.2) is 4.79 Å². The molecule has 0 aliphatic carbocycles. The van der Waals surface area contributed by atoms with Gasteiger partial charge in [-0.2, -0.15) is 8.75 Å². The first-order valence-electron chi connectivity index (χ1n) is 11.4. The number of benzene rings is 1. The van der Waals surface area contributed by atoms with E-state index < -0.39 is 5.97 Å². The van der Waals surface area contributed by atoms with E-state index in [0.717, 1.165) is 28.8 Å². The van der Waals surface area contributed by atoms with Gasteiger partial charge in [0, 0.05) is 62.7 Å². The molecular formula is C25H25N5O4S. The van der Waals surface area contributed by atoms with Gasteiger partial charge in [-0.15, -0.1) is 0 Å². The predicted molar refractivity (Wildman–Crippen MR) is 132 cm³/mol. The molecule has 1 aromatic carbocycles. The van der Waals surface area contributed by atoms with Crippen molar-refractivity contribution in [3.05, 3.63) is 81.5 Å². The Morgan fingerprint density at radius 1 is 1.09 bits per heavy atom. The third-order valence-corrected chi connectivity index (χ3v) is 6.70. The lowest BCUT2D eigenvalue weighted by Gasteiger charge is -2.19. The maximum absolute atomic E-state index is 13.0. The maximum atomic E-state index is 13.0. The molecule has 1 aliphatic rings. The van der Waals surface area contributed by atoms with E-state index in [9.17, 15) is 9.59 Å². The normalized spacial score (nSPS) is 13.9. The SMILES string of the molecule is COC(=O)c1c(OCCc2ccccn2)cc(=O)n2c1CCN(Cc1ccc3nsnc3c1)CC2. The van der Waals surface area contributed by atoms with E-state index in [2.05, 4.69) is 30.8 Å². The summed E-state index contributed by atoms with van der Waals surface area (Å²) in [6.45, 7) is 2.86. The average Bonchev–Trinajstić information content (AvgIpc) is 3.24. The van der Waals surface area contributed by atoms with Gasteiger partial charge in [0.05, 0.1) is 25.4 Å². The molecule has 0 amide bonds. The highest BCUT2D eigenvalue weighted by molar-refractivity contribution is 7.00. The number of esters is 1. The number of methoxy groups -OCH3 is 1. The Morgan fingerprint density at radius 3 is 2.80 bits per heavy atom. The van der Waals surface area contributed by atoms with Gasteiger partial charge in [0.25, 0.3) is 5.56 Å². The number of carbonyl (C=O) groups is 1. The third kappa shape index (κ3) is 5.08. The Balaban J connectivity index is 1.36. The highest BCUT2D eigenvalue weighted by Crippen LogP contribution is 2.25. The van der Waals surface area contributed by atoms with Crippen LogP contribution in [0.3, 0.4) is 0 Å². The van der Waals surface area contributed by atoms with Gasteiger partial charge in [-0.05, 0) is 29.8 Å². The average molecular weight is 492 g/mol. The number of fused-ring (bicyclic) bond motifs is 2. The van der Waals surface area contributed by atoms with Gasteiger partial charge in [-0.1, -0.05) is 12.1 Å². The summed E-state index contributed by atoms with van der Waals surface area (Å²) in [5, 5.41) is 0. The van der Waals surface area contributed by atoms with Crippen LogP contribution < -0.4 is 10.3 Å². The van der Waals surface area contributed by atoms with Crippen molar-refractivity contribution in [2.24, 2.45) is 0 Å². The van der Waals surface area contributed by atoms with Crippen LogP contribution in [0.1, 0.15) is 27.3 Å². The second-order valence-electron chi connectivity index (χ2n) is 8.34. The zero-order valence-corrected chi connectivity index (χ0v) is 20.2. The van der Waals surface area contributed by atoms with E-state index in [1.165, 1.54) is 24.9 Å². The maximum Gasteiger partial charge on any atom is 0.343 e. The van der Waals surface area contributed by atoms with Crippen molar-refractivity contribution in [1.82, 2.24) is 23.2 Å². The van der Waals surface area contributed by atoms with Gasteiger partial charge in [-0.3, -0.25) is 14.7 Å². The summed E-state index contributed by atoms with van der Waals surface area (Å²) in [4.78, 5) is 32.3. The molecule has 35 heavy (non-hydrogen) atoms. The van der Waals surface area contributed by atoms with E-state index in [-0.39, 0.29) is 11.3 Å². The van der Waals surface area contributed by atoms with E-state index >= 15 is 0 Å². The number of pyridine rings is 2. The van der Waals surface area contributed by atoms with Crippen LogP contribution in [0.15, 0.2) is 53.5 Å². The van der Waals surface area contributed by atoms with E-state index in [4.69, 9.17) is 9.47 Å². The first-order valence-corrected chi connectivity index (χ1v) is 12.2. The molecule has 10 heteroatoms. The Hall–Kier alpha value is -3.63. The number of rotatable bonds is 7. The Morgan fingerprint density at radius 2 is 1.97 bits per heavy atom. The topological polar surface area (TPSA) is 99.4 Å². The predicted octanol–water partition coefficient (Wildman–Crippen LogP) is 2.71. The Labute approximate surface area is 206 Å². The molecular weight excluding hydrogens is 466 g/mol. The zero-order valence-electron chi connectivity index (χ0n) is 19.3. The highest BCUT2D eigenvalue weighted by atomic mass is 32.1. The molecule has 4 heterocycles. The van der Waals surface area contributed by atoms with E-state index in [1.54, 1.807) is 10.8 Å². The first kappa shape index (κ1) is 23.1. The van der Waals surface area contributed by atoms with Crippen molar-refractivity contribution in [3.8, 4) is 5.75 Å². The summed E-state index contributed by atoms with van der Waals surface area (Å²) in [6.07, 6.45) is 2.81. The van der Waals surface area contributed by atoms with Gasteiger partial charge in [0.15, 0.2) is 0 Å². The number of aromatic nitrogens is 4. The number of nitrogens with zero attached hydrogens (tertiary/aromatic N) is 5. The third-order valence-electron chi connectivity index (χ3n) is 6.14. The fourth-order valence-corrected chi connectivity index (χ4v) is 4.90. The molecule has 9 nitrogen and oxygen atoms in total. The molecule has 3 aromatic heterocycles. The van der Waals surface area contributed by atoms with Crippen molar-refractivity contribution in [2.75, 3.05) is 26.8 Å². The standard InChI is InChI=1S/C25H25N5O4S/c1-33-25(32)24-21-7-10-29(16-17-5-6-19-20(14-17)28-35-27-19)11-12-30(21)23(31)15-22(24)34-13-8-18-4-2-3-9-26-18/h2-6,9,14-15H,7-8,10-13,16H2,1H3. The van der Waals surface area contributed by atoms with E-state index in [0.29, 0.717) is 50.3 Å². The van der Waals surface area contributed by atoms with Crippen molar-refractivity contribution in [3.63, 3.8) is 0 Å². The second-order valence-corrected chi connectivity index (χ2v) is 8.87. The van der Waals surface area contributed by atoms with Crippen molar-refractivity contribution < 1.29 is 14.3 Å². The molecule has 0 atom stereocenters. The number of hydrogen-bond donors (Lipinski definition) is 0. The monoisotopic (exact) mass is 491 g/mol. The number of carbonyl (C=O) groups excluding carboxylic acids is 1. The molecule has 0 saturated heterocycles. The lowest BCUT2D eigenvalue weighted by molar-refractivity contribution is 0.0593. The van der Waals surface area contributed by atoms with Gasteiger partial charge in [0.1, 0.15) is 22.3 Å². The molecule has 4 aromatic rings. The molecule has 0 spiro atoms. The molecule has 1 aliphatic heterocycles. The van der Waals surface area contributed by atoms with Crippen LogP contribution in [0.5, 0.6) is 5.75 Å². The molecule has 0 radical (unpaired) electrons. The van der Waals surface area contributed by atoms with Crippen LogP contribution in [-0.4, -0.2) is 56.0 Å². The largest absolute Gasteiger partial charge is 0.492 e. The van der Waals surface area contributed by atoms with Crippen molar-refractivity contribution in [2.45, 2.75) is 25.9 Å². The van der Waals surface area contributed by atoms with Crippen LogP contribution >= 0.6 is 11.7 Å². The van der Waals surface area contributed by atoms with Crippen LogP contribution in [0.25, 0.3) is 11.0 Å². The summed E-state index contributed by atoms with van der Waals surface area (Å²) >= 11 is 1.21. The van der Waals surface area contributed by atoms with Gasteiger partial charge >= 0.3 is 5.97 Å². The summed E-state index contributed by atoms with van der Waals surface area (Å²) in [7, 11) is 1.34. The lowest BCUT2D eigenvalue weighted by Crippen LogP contribution is -2.29. The molecule has 0 fully saturated rings. The fraction of sp³-hybridized carbons (Fsp3) is 0.320. The fourth-order valence-electron chi connectivity index (χ4n) is 4.38. The quantitative estimate of drug-likeness (QED) is 0.364. The van der Waals surface area contributed by atoms with Crippen LogP contribution in [0.2, 0.25) is 0 Å². The molecule has 0 bridgehead atoms. The van der Waals surface area contributed by atoms with Crippen LogP contribution in [0, 0.1) is 0 Å². The molecule has 5 rings (SSSR count). The van der Waals surface area contributed by atoms with Crippen molar-refractivity contribution in [1.29, 1.82) is 0 Å². The summed E-state index contributed by atoms with van der Waals surface area (Å²) < 4.78 is 21.3. The molecule has 0 N–H and O–H groups in total. The van der Waals surface area contributed by atoms with Crippen molar-refractivity contribution >= 4 is 28.7 Å². The molecule has 180 valence electrons. The second kappa shape index (κ2) is 10.3. The smallest absolute Gasteiger partial charge is 0.343 e. The van der Waals surface area contributed by atoms with Gasteiger partial charge in [0.2, 0.25) is 0 Å². The van der Waals surface area contributed by atoms with Crippen LogP contribution in [-0.2, 0) is 30.7 Å². The first-order chi connectivity index (χ1) is 17.1. The number of hydrogen-bond acceptors (Lipinski definition) is 9.